The number of likely N-dealkylation sites (tertiary alicyclic amines) is 1. The number of hydrogen-bond donors (Lipinski definition) is 2. The van der Waals surface area contributed by atoms with Crippen molar-refractivity contribution >= 4 is 16.8 Å². The van der Waals surface area contributed by atoms with Crippen molar-refractivity contribution in [3.8, 4) is 0 Å². The maximum Gasteiger partial charge on any atom is 0.267 e. The van der Waals surface area contributed by atoms with Crippen LogP contribution in [0.4, 0.5) is 0 Å². The molecule has 1 fully saturated rings. The highest BCUT2D eigenvalue weighted by molar-refractivity contribution is 5.98. The highest BCUT2D eigenvalue weighted by atomic mass is 16.1. The molecule has 7 heteroatoms. The molecule has 5 rings (SSSR count). The Bertz CT molecular complexity index is 1160. The molecule has 2 aliphatic rings. The van der Waals surface area contributed by atoms with E-state index in [0.29, 0.717) is 18.7 Å². The molecule has 2 N–H and O–H groups in total. The van der Waals surface area contributed by atoms with E-state index in [2.05, 4.69) is 20.3 Å². The van der Waals surface area contributed by atoms with Gasteiger partial charge in [0.05, 0.1) is 12.2 Å². The third-order valence-electron chi connectivity index (χ3n) is 6.94. The zero-order valence-corrected chi connectivity index (χ0v) is 18.5. The molecule has 32 heavy (non-hydrogen) atoms. The molecule has 1 unspecified atom stereocenters. The number of nitrogens with one attached hydrogen (secondary N) is 2. The fourth-order valence-electron chi connectivity index (χ4n) is 5.08. The Kier molecular flexibility index (Phi) is 6.08. The summed E-state index contributed by atoms with van der Waals surface area (Å²) in [5.74, 6) is -0.0359. The van der Waals surface area contributed by atoms with Gasteiger partial charge in [-0.1, -0.05) is 6.42 Å². The second-order valence-electron chi connectivity index (χ2n) is 9.06. The Hall–Kier alpha value is -2.93. The summed E-state index contributed by atoms with van der Waals surface area (Å²) in [5.41, 5.74) is 3.95. The van der Waals surface area contributed by atoms with Crippen LogP contribution < -0.4 is 10.9 Å². The van der Waals surface area contributed by atoms with E-state index in [1.165, 1.54) is 6.42 Å². The van der Waals surface area contributed by atoms with Crippen LogP contribution in [-0.2, 0) is 19.4 Å². The van der Waals surface area contributed by atoms with Gasteiger partial charge in [0.25, 0.3) is 11.5 Å². The number of aromatic nitrogens is 3. The van der Waals surface area contributed by atoms with Crippen molar-refractivity contribution in [2.45, 2.75) is 57.5 Å². The predicted molar refractivity (Wildman–Crippen MR) is 125 cm³/mol. The quantitative estimate of drug-likeness (QED) is 0.626. The number of nitrogens with zero attached hydrogens (tertiary/aromatic N) is 3. The van der Waals surface area contributed by atoms with Crippen LogP contribution in [0.5, 0.6) is 0 Å². The second kappa shape index (κ2) is 9.28. The van der Waals surface area contributed by atoms with Gasteiger partial charge in [0.1, 0.15) is 0 Å². The average Bonchev–Trinajstić information content (AvgIpc) is 3.29. The van der Waals surface area contributed by atoms with Gasteiger partial charge >= 0.3 is 0 Å². The van der Waals surface area contributed by atoms with E-state index in [1.807, 2.05) is 30.5 Å². The monoisotopic (exact) mass is 433 g/mol. The Morgan fingerprint density at radius 3 is 2.94 bits per heavy atom. The Morgan fingerprint density at radius 2 is 2.00 bits per heavy atom. The highest BCUT2D eigenvalue weighted by Crippen LogP contribution is 2.19. The van der Waals surface area contributed by atoms with Gasteiger partial charge < -0.3 is 10.3 Å². The lowest BCUT2D eigenvalue weighted by atomic mass is 9.97. The van der Waals surface area contributed by atoms with Gasteiger partial charge in [-0.3, -0.25) is 14.5 Å². The molecular formula is C25H31N5O2. The summed E-state index contributed by atoms with van der Waals surface area (Å²) >= 11 is 0. The molecule has 7 nitrogen and oxygen atoms in total. The molecule has 1 atom stereocenters. The number of carbonyl (C=O) groups is 1. The van der Waals surface area contributed by atoms with E-state index in [1.54, 1.807) is 10.7 Å². The largest absolute Gasteiger partial charge is 0.361 e. The van der Waals surface area contributed by atoms with Crippen LogP contribution in [0.1, 0.15) is 53.7 Å². The number of H-pyrrole nitrogens is 1. The molecule has 1 aliphatic carbocycles. The normalized spacial score (nSPS) is 19.1. The van der Waals surface area contributed by atoms with Crippen LogP contribution in [-0.4, -0.2) is 51.2 Å². The molecule has 1 amide bonds. The van der Waals surface area contributed by atoms with E-state index in [-0.39, 0.29) is 17.5 Å². The van der Waals surface area contributed by atoms with Crippen LogP contribution >= 0.6 is 0 Å². The van der Waals surface area contributed by atoms with E-state index in [9.17, 15) is 9.59 Å². The molecule has 0 saturated carbocycles. The minimum Gasteiger partial charge on any atom is -0.361 e. The topological polar surface area (TPSA) is 83.0 Å². The first-order valence-corrected chi connectivity index (χ1v) is 11.9. The van der Waals surface area contributed by atoms with Crippen molar-refractivity contribution in [1.29, 1.82) is 0 Å². The number of hydrogen-bond acceptors (Lipinski definition) is 4. The summed E-state index contributed by atoms with van der Waals surface area (Å²) in [6.45, 7) is 2.99. The van der Waals surface area contributed by atoms with Gasteiger partial charge in [0.2, 0.25) is 0 Å². The molecule has 1 aromatic carbocycles. The van der Waals surface area contributed by atoms with Crippen LogP contribution in [0.15, 0.2) is 41.3 Å². The molecule has 3 heterocycles. The summed E-state index contributed by atoms with van der Waals surface area (Å²) in [5, 5.41) is 8.83. The fourth-order valence-corrected chi connectivity index (χ4v) is 5.08. The number of benzene rings is 1. The molecule has 1 aliphatic heterocycles. The van der Waals surface area contributed by atoms with Gasteiger partial charge in [0.15, 0.2) is 0 Å². The van der Waals surface area contributed by atoms with Crippen LogP contribution in [0, 0.1) is 0 Å². The van der Waals surface area contributed by atoms with Crippen LogP contribution in [0.3, 0.4) is 0 Å². The highest BCUT2D eigenvalue weighted by Gasteiger charge is 2.23. The van der Waals surface area contributed by atoms with Gasteiger partial charge in [-0.05, 0) is 74.9 Å². The van der Waals surface area contributed by atoms with E-state index >= 15 is 0 Å². The number of amides is 1. The molecular weight excluding hydrogens is 402 g/mol. The number of piperidine rings is 1. The van der Waals surface area contributed by atoms with E-state index in [0.717, 1.165) is 73.8 Å². The summed E-state index contributed by atoms with van der Waals surface area (Å²) in [6.07, 6.45) is 9.52. The van der Waals surface area contributed by atoms with Crippen molar-refractivity contribution < 1.29 is 4.79 Å². The zero-order valence-electron chi connectivity index (χ0n) is 18.5. The number of rotatable bonds is 6. The summed E-state index contributed by atoms with van der Waals surface area (Å²) in [7, 11) is 0. The minimum absolute atomic E-state index is 0.00709. The standard InChI is InChI=1S/C25H31N5O2/c31-24-16-18-5-1-2-7-23(18)28-30(24)14-13-29-12-4-3-6-21(29)17-27-25(32)20-8-9-22-19(15-20)10-11-26-22/h8-11,15-16,21,26H,1-7,12-14,17H2,(H,27,32). The number of carbonyl (C=O) groups excluding carboxylic acids is 1. The van der Waals surface area contributed by atoms with Crippen molar-refractivity contribution in [2.75, 3.05) is 19.6 Å². The second-order valence-corrected chi connectivity index (χ2v) is 9.06. The third-order valence-corrected chi connectivity index (χ3v) is 6.94. The molecule has 0 bridgehead atoms. The smallest absolute Gasteiger partial charge is 0.267 e. The van der Waals surface area contributed by atoms with Gasteiger partial charge in [-0.15, -0.1) is 0 Å². The van der Waals surface area contributed by atoms with Crippen molar-refractivity contribution in [1.82, 2.24) is 25.0 Å². The number of aryl methyl sites for hydroxylation is 2. The molecule has 3 aromatic rings. The maximum atomic E-state index is 12.7. The van der Waals surface area contributed by atoms with Gasteiger partial charge in [0, 0.05) is 47.9 Å². The maximum absolute atomic E-state index is 12.7. The first kappa shape index (κ1) is 20.9. The fraction of sp³-hybridized carbons (Fsp3) is 0.480. The lowest BCUT2D eigenvalue weighted by Crippen LogP contribution is -2.48. The molecule has 168 valence electrons. The van der Waals surface area contributed by atoms with Gasteiger partial charge in [-0.25, -0.2) is 4.68 Å². The van der Waals surface area contributed by atoms with Crippen molar-refractivity contribution in [3.63, 3.8) is 0 Å². The van der Waals surface area contributed by atoms with E-state index < -0.39 is 0 Å². The third kappa shape index (κ3) is 4.48. The number of aromatic amines is 1. The summed E-state index contributed by atoms with van der Waals surface area (Å²) < 4.78 is 1.64. The molecule has 0 spiro atoms. The Morgan fingerprint density at radius 1 is 1.09 bits per heavy atom. The van der Waals surface area contributed by atoms with Crippen molar-refractivity contribution in [3.05, 3.63) is 63.7 Å². The summed E-state index contributed by atoms with van der Waals surface area (Å²) in [6, 6.07) is 9.79. The predicted octanol–water partition coefficient (Wildman–Crippen LogP) is 2.89. The lowest BCUT2D eigenvalue weighted by molar-refractivity contribution is 0.0909. The Labute approximate surface area is 187 Å². The Balaban J connectivity index is 1.20. The average molecular weight is 434 g/mol. The molecule has 2 aromatic heterocycles. The molecule has 1 saturated heterocycles. The lowest BCUT2D eigenvalue weighted by Gasteiger charge is -2.35. The minimum atomic E-state index is -0.0359. The first-order chi connectivity index (χ1) is 15.7. The summed E-state index contributed by atoms with van der Waals surface area (Å²) in [4.78, 5) is 30.8. The first-order valence-electron chi connectivity index (χ1n) is 11.9. The molecule has 0 radical (unpaired) electrons. The number of fused-ring (bicyclic) bond motifs is 2. The van der Waals surface area contributed by atoms with Crippen LogP contribution in [0.25, 0.3) is 10.9 Å². The van der Waals surface area contributed by atoms with E-state index in [4.69, 9.17) is 0 Å². The van der Waals surface area contributed by atoms with Crippen molar-refractivity contribution in [2.24, 2.45) is 0 Å². The van der Waals surface area contributed by atoms with Gasteiger partial charge in [-0.2, -0.15) is 5.10 Å². The van der Waals surface area contributed by atoms with Crippen LogP contribution in [0.2, 0.25) is 0 Å². The zero-order chi connectivity index (χ0) is 21.9. The SMILES string of the molecule is O=C(NCC1CCCCN1CCn1nc2c(cc1=O)CCCC2)c1ccc2[nH]ccc2c1.